The fraction of sp³-hybridized carbons (Fsp3) is 0.545. The number of hydrogen-bond acceptors (Lipinski definition) is 4. The maximum atomic E-state index is 12.1. The van der Waals surface area contributed by atoms with Crippen molar-refractivity contribution in [2.75, 3.05) is 11.6 Å². The summed E-state index contributed by atoms with van der Waals surface area (Å²) < 4.78 is 25.2. The van der Waals surface area contributed by atoms with E-state index in [0.29, 0.717) is 6.42 Å². The molecule has 0 bridgehead atoms. The lowest BCUT2D eigenvalue weighted by atomic mass is 10.3. The molecular formula is C11H16ClNO4S. The van der Waals surface area contributed by atoms with Gasteiger partial charge in [-0.15, -0.1) is 11.6 Å². The molecule has 0 aromatic carbocycles. The van der Waals surface area contributed by atoms with Crippen molar-refractivity contribution in [2.24, 2.45) is 0 Å². The summed E-state index contributed by atoms with van der Waals surface area (Å²) in [6.45, 7) is 3.36. The first kappa shape index (κ1) is 15.0. The number of pyridine rings is 1. The Bertz CT molecular complexity index is 592. The highest BCUT2D eigenvalue weighted by molar-refractivity contribution is 7.91. The lowest BCUT2D eigenvalue weighted by molar-refractivity contribution is 0.393. The molecule has 1 N–H and O–H groups in total. The molecule has 1 rings (SSSR count). The van der Waals surface area contributed by atoms with Crippen molar-refractivity contribution in [3.05, 3.63) is 22.0 Å². The number of rotatable bonds is 5. The van der Waals surface area contributed by atoms with Gasteiger partial charge in [0.25, 0.3) is 5.56 Å². The van der Waals surface area contributed by atoms with Crippen LogP contribution in [0.15, 0.2) is 15.8 Å². The van der Waals surface area contributed by atoms with E-state index >= 15 is 0 Å². The molecule has 0 radical (unpaired) electrons. The minimum Gasteiger partial charge on any atom is -0.493 e. The molecule has 1 aromatic rings. The lowest BCUT2D eigenvalue weighted by Crippen LogP contribution is -2.22. The van der Waals surface area contributed by atoms with Crippen LogP contribution < -0.4 is 5.56 Å². The Labute approximate surface area is 111 Å². The van der Waals surface area contributed by atoms with E-state index in [1.807, 2.05) is 0 Å². The Morgan fingerprint density at radius 1 is 1.44 bits per heavy atom. The van der Waals surface area contributed by atoms with Crippen LogP contribution >= 0.6 is 11.6 Å². The largest absolute Gasteiger partial charge is 0.493 e. The highest BCUT2D eigenvalue weighted by Crippen LogP contribution is 2.26. The van der Waals surface area contributed by atoms with Crippen molar-refractivity contribution in [1.29, 1.82) is 0 Å². The van der Waals surface area contributed by atoms with Crippen LogP contribution in [0, 0.1) is 6.92 Å². The molecule has 7 heteroatoms. The summed E-state index contributed by atoms with van der Waals surface area (Å²) in [6, 6.07) is 1.22. The van der Waals surface area contributed by atoms with Crippen LogP contribution in [0.4, 0.5) is 0 Å². The summed E-state index contributed by atoms with van der Waals surface area (Å²) in [6.07, 6.45) is 0.300. The summed E-state index contributed by atoms with van der Waals surface area (Å²) >= 11 is 5.48. The Hall–Kier alpha value is -1.01. The second-order valence-electron chi connectivity index (χ2n) is 3.92. The first-order valence-corrected chi connectivity index (χ1v) is 7.76. The normalized spacial score (nSPS) is 11.7. The van der Waals surface area contributed by atoms with E-state index in [4.69, 9.17) is 11.6 Å². The minimum atomic E-state index is -3.63. The summed E-state index contributed by atoms with van der Waals surface area (Å²) in [5, 5.41) is 9.94. The molecule has 0 saturated heterocycles. The van der Waals surface area contributed by atoms with E-state index in [2.05, 4.69) is 0 Å². The Kier molecular flexibility index (Phi) is 4.81. The van der Waals surface area contributed by atoms with E-state index in [1.165, 1.54) is 13.0 Å². The monoisotopic (exact) mass is 293 g/mol. The summed E-state index contributed by atoms with van der Waals surface area (Å²) in [5.41, 5.74) is -0.152. The van der Waals surface area contributed by atoms with Gasteiger partial charge in [-0.1, -0.05) is 0 Å². The highest BCUT2D eigenvalue weighted by atomic mass is 35.5. The Morgan fingerprint density at radius 2 is 2.06 bits per heavy atom. The van der Waals surface area contributed by atoms with Gasteiger partial charge < -0.3 is 5.11 Å². The molecule has 102 valence electrons. The fourth-order valence-electron chi connectivity index (χ4n) is 1.77. The summed E-state index contributed by atoms with van der Waals surface area (Å²) in [7, 11) is -3.63. The molecule has 18 heavy (non-hydrogen) atoms. The average molecular weight is 294 g/mol. The molecule has 0 aliphatic heterocycles. The van der Waals surface area contributed by atoms with Gasteiger partial charge in [-0.05, 0) is 25.8 Å². The zero-order valence-corrected chi connectivity index (χ0v) is 11.9. The predicted octanol–water partition coefficient (Wildman–Crippen LogP) is 1.28. The molecule has 1 aromatic heterocycles. The summed E-state index contributed by atoms with van der Waals surface area (Å²) in [5.74, 6) is -0.406. The van der Waals surface area contributed by atoms with Crippen molar-refractivity contribution >= 4 is 21.4 Å². The number of halogens is 1. The highest BCUT2D eigenvalue weighted by Gasteiger charge is 2.24. The molecular weight excluding hydrogens is 278 g/mol. The third kappa shape index (κ3) is 2.87. The Morgan fingerprint density at radius 3 is 2.56 bits per heavy atom. The van der Waals surface area contributed by atoms with E-state index in [9.17, 15) is 18.3 Å². The molecule has 0 spiro atoms. The molecule has 0 amide bonds. The number of hydrogen-bond donors (Lipinski definition) is 1. The topological polar surface area (TPSA) is 76.4 Å². The first-order valence-electron chi connectivity index (χ1n) is 5.57. The molecule has 0 aliphatic carbocycles. The lowest BCUT2D eigenvalue weighted by Gasteiger charge is -2.13. The van der Waals surface area contributed by atoms with Gasteiger partial charge in [-0.25, -0.2) is 8.42 Å². The first-order chi connectivity index (χ1) is 8.35. The standard InChI is InChI=1S/C11H16ClNO4S/c1-3-13-9(14)7-8(2)10(11(13)15)18(16,17)6-4-5-12/h7,15H,3-6H2,1-2H3. The maximum absolute atomic E-state index is 12.1. The zero-order chi connectivity index (χ0) is 13.9. The third-order valence-corrected chi connectivity index (χ3v) is 4.82. The van der Waals surface area contributed by atoms with Gasteiger partial charge in [-0.3, -0.25) is 9.36 Å². The molecule has 0 unspecified atom stereocenters. The Balaban J connectivity index is 3.46. The van der Waals surface area contributed by atoms with Crippen LogP contribution in [0.2, 0.25) is 0 Å². The third-order valence-electron chi connectivity index (χ3n) is 2.60. The maximum Gasteiger partial charge on any atom is 0.253 e. The minimum absolute atomic E-state index is 0.146. The molecule has 0 aliphatic rings. The van der Waals surface area contributed by atoms with Crippen LogP contribution in [0.5, 0.6) is 5.88 Å². The van der Waals surface area contributed by atoms with Gasteiger partial charge in [0, 0.05) is 18.5 Å². The number of aromatic hydroxyl groups is 1. The van der Waals surface area contributed by atoms with E-state index in [-0.39, 0.29) is 28.6 Å². The van der Waals surface area contributed by atoms with Gasteiger partial charge in [0.2, 0.25) is 5.88 Å². The molecule has 0 atom stereocenters. The quantitative estimate of drug-likeness (QED) is 0.830. The number of aryl methyl sites for hydroxylation is 1. The second kappa shape index (κ2) is 5.75. The van der Waals surface area contributed by atoms with Gasteiger partial charge in [0.1, 0.15) is 4.90 Å². The number of nitrogens with zero attached hydrogens (tertiary/aromatic N) is 1. The van der Waals surface area contributed by atoms with Crippen LogP contribution in [-0.2, 0) is 16.4 Å². The second-order valence-corrected chi connectivity index (χ2v) is 6.35. The summed E-state index contributed by atoms with van der Waals surface area (Å²) in [4.78, 5) is 11.4. The van der Waals surface area contributed by atoms with Crippen LogP contribution in [-0.4, -0.2) is 29.7 Å². The number of aromatic nitrogens is 1. The van der Waals surface area contributed by atoms with E-state index < -0.39 is 21.3 Å². The smallest absolute Gasteiger partial charge is 0.253 e. The van der Waals surface area contributed by atoms with Crippen molar-refractivity contribution in [3.63, 3.8) is 0 Å². The van der Waals surface area contributed by atoms with Gasteiger partial charge in [0.15, 0.2) is 9.84 Å². The zero-order valence-electron chi connectivity index (χ0n) is 10.3. The van der Waals surface area contributed by atoms with Crippen LogP contribution in [0.25, 0.3) is 0 Å². The van der Waals surface area contributed by atoms with E-state index in [0.717, 1.165) is 4.57 Å². The van der Waals surface area contributed by atoms with Gasteiger partial charge in [0.05, 0.1) is 5.75 Å². The molecule has 5 nitrogen and oxygen atoms in total. The number of sulfone groups is 1. The fourth-order valence-corrected chi connectivity index (χ4v) is 3.73. The molecule has 1 heterocycles. The predicted molar refractivity (Wildman–Crippen MR) is 70.2 cm³/mol. The van der Waals surface area contributed by atoms with E-state index in [1.54, 1.807) is 6.92 Å². The van der Waals surface area contributed by atoms with Crippen molar-refractivity contribution < 1.29 is 13.5 Å². The number of alkyl halides is 1. The molecule has 0 fully saturated rings. The SMILES string of the molecule is CCn1c(O)c(S(=O)(=O)CCCCl)c(C)cc1=O. The van der Waals surface area contributed by atoms with Crippen molar-refractivity contribution in [1.82, 2.24) is 4.57 Å². The molecule has 0 saturated carbocycles. The van der Waals surface area contributed by atoms with Crippen molar-refractivity contribution in [3.8, 4) is 5.88 Å². The van der Waals surface area contributed by atoms with Crippen LogP contribution in [0.3, 0.4) is 0 Å². The van der Waals surface area contributed by atoms with Gasteiger partial charge >= 0.3 is 0 Å². The van der Waals surface area contributed by atoms with Crippen LogP contribution in [0.1, 0.15) is 18.9 Å². The average Bonchev–Trinajstić information content (AvgIpc) is 2.25. The van der Waals surface area contributed by atoms with Gasteiger partial charge in [-0.2, -0.15) is 0 Å². The van der Waals surface area contributed by atoms with Crippen molar-refractivity contribution in [2.45, 2.75) is 31.7 Å².